The Kier molecular flexibility index (Phi) is 21.4. The second kappa shape index (κ2) is 23.6. The molecule has 6 atom stereocenters. The molecule has 0 spiro atoms. The Morgan fingerprint density at radius 2 is 0.960 bits per heavy atom. The molecule has 0 fully saturated rings. The van der Waals surface area contributed by atoms with E-state index in [0.29, 0.717) is 6.42 Å². The predicted octanol–water partition coefficient (Wildman–Crippen LogP) is -3.97. The number of carboxylic acid groups (broad SMARTS) is 1. The first-order valence-corrected chi connectivity index (χ1v) is 16.5. The second-order valence-electron chi connectivity index (χ2n) is 12.8. The van der Waals surface area contributed by atoms with Gasteiger partial charge in [-0.15, -0.1) is 0 Å². The quantitative estimate of drug-likeness (QED) is 0.0258. The number of carbonyl (C=O) groups excluding carboxylic acids is 5. The Hall–Kier alpha value is -4.72. The summed E-state index contributed by atoms with van der Waals surface area (Å²) in [5.74, 6) is -5.56. The minimum atomic E-state index is -1.51. The summed E-state index contributed by atoms with van der Waals surface area (Å²) in [6.07, 6.45) is 1.21. The van der Waals surface area contributed by atoms with Crippen molar-refractivity contribution in [2.24, 2.45) is 50.5 Å². The number of carbonyl (C=O) groups is 6. The Balaban J connectivity index is 5.82. The van der Waals surface area contributed by atoms with Crippen LogP contribution in [0.5, 0.6) is 0 Å². The number of guanidine groups is 2. The van der Waals surface area contributed by atoms with Gasteiger partial charge in [0.25, 0.3) is 0 Å². The molecule has 0 saturated carbocycles. The molecule has 0 saturated heterocycles. The van der Waals surface area contributed by atoms with Gasteiger partial charge in [0.15, 0.2) is 11.9 Å². The van der Waals surface area contributed by atoms with Crippen molar-refractivity contribution < 1.29 is 39.0 Å². The Bertz CT molecular complexity index is 1190. The zero-order chi connectivity index (χ0) is 38.6. The first kappa shape index (κ1) is 45.3. The van der Waals surface area contributed by atoms with E-state index in [4.69, 9.17) is 28.7 Å². The third kappa shape index (κ3) is 19.3. The lowest BCUT2D eigenvalue weighted by Crippen LogP contribution is -2.60. The minimum absolute atomic E-state index is 0.0290. The van der Waals surface area contributed by atoms with Crippen LogP contribution in [-0.4, -0.2) is 114 Å². The molecular formula is C30H58N12O8. The van der Waals surface area contributed by atoms with Crippen LogP contribution in [0.25, 0.3) is 0 Å². The number of aliphatic imine (C=N–C) groups is 2. The number of nitrogens with zero attached hydrogens (tertiary/aromatic N) is 2. The molecule has 50 heavy (non-hydrogen) atoms. The lowest BCUT2D eigenvalue weighted by Gasteiger charge is -2.27. The fraction of sp³-hybridized carbons (Fsp3) is 0.733. The summed E-state index contributed by atoms with van der Waals surface area (Å²) >= 11 is 0. The zero-order valence-corrected chi connectivity index (χ0v) is 29.6. The normalized spacial score (nSPS) is 14.6. The van der Waals surface area contributed by atoms with Crippen LogP contribution < -0.4 is 55.3 Å². The monoisotopic (exact) mass is 714 g/mol. The molecule has 0 heterocycles. The van der Waals surface area contributed by atoms with Crippen LogP contribution in [-0.2, 0) is 28.8 Å². The molecule has 0 aromatic rings. The van der Waals surface area contributed by atoms with Crippen molar-refractivity contribution in [2.45, 2.75) is 109 Å². The van der Waals surface area contributed by atoms with E-state index in [1.54, 1.807) is 13.8 Å². The number of nitrogens with one attached hydrogen (secondary N) is 5. The highest BCUT2D eigenvalue weighted by Crippen LogP contribution is 2.10. The van der Waals surface area contributed by atoms with Crippen LogP contribution in [0.2, 0.25) is 0 Å². The highest BCUT2D eigenvalue weighted by atomic mass is 16.4. The van der Waals surface area contributed by atoms with E-state index in [1.807, 2.05) is 13.8 Å². The van der Waals surface area contributed by atoms with E-state index in [0.717, 1.165) is 0 Å². The number of carboxylic acids is 1. The van der Waals surface area contributed by atoms with Crippen LogP contribution in [0.4, 0.5) is 0 Å². The van der Waals surface area contributed by atoms with Gasteiger partial charge in [-0.25, -0.2) is 0 Å². The molecule has 0 aliphatic carbocycles. The fourth-order valence-corrected chi connectivity index (χ4v) is 4.49. The van der Waals surface area contributed by atoms with Gasteiger partial charge in [0.2, 0.25) is 29.5 Å². The first-order chi connectivity index (χ1) is 23.3. The summed E-state index contributed by atoms with van der Waals surface area (Å²) < 4.78 is 0. The van der Waals surface area contributed by atoms with Crippen molar-refractivity contribution in [1.82, 2.24) is 26.6 Å². The summed E-state index contributed by atoms with van der Waals surface area (Å²) in [6.45, 7) is 8.03. The number of rotatable bonds is 24. The largest absolute Gasteiger partial charge is 0.480 e. The number of nitrogens with two attached hydrogens (primary N) is 5. The smallest absolute Gasteiger partial charge is 0.325 e. The molecule has 0 aliphatic heterocycles. The van der Waals surface area contributed by atoms with Crippen LogP contribution >= 0.6 is 0 Å². The van der Waals surface area contributed by atoms with Gasteiger partial charge in [-0.05, 0) is 57.3 Å². The lowest BCUT2D eigenvalue weighted by atomic mass is 10.0. The molecule has 0 aromatic heterocycles. The molecule has 0 rings (SSSR count). The van der Waals surface area contributed by atoms with Crippen LogP contribution in [0.15, 0.2) is 9.98 Å². The molecule has 5 amide bonds. The molecule has 0 aliphatic rings. The Morgan fingerprint density at radius 3 is 1.38 bits per heavy atom. The number of hydrogen-bond acceptors (Lipinski definition) is 10. The number of aliphatic carboxylic acids is 1. The van der Waals surface area contributed by atoms with Crippen molar-refractivity contribution in [3.63, 3.8) is 0 Å². The van der Waals surface area contributed by atoms with E-state index < -0.39 is 78.4 Å². The van der Waals surface area contributed by atoms with Crippen molar-refractivity contribution in [3.8, 4) is 0 Å². The fourth-order valence-electron chi connectivity index (χ4n) is 4.49. The third-order valence-corrected chi connectivity index (χ3v) is 7.11. The number of hydrogen-bond donors (Lipinski definition) is 12. The molecule has 0 aromatic carbocycles. The zero-order valence-electron chi connectivity index (χ0n) is 29.6. The van der Waals surface area contributed by atoms with Gasteiger partial charge in [0.05, 0.1) is 12.6 Å². The average molecular weight is 715 g/mol. The highest BCUT2D eigenvalue weighted by molar-refractivity contribution is 5.96. The maximum Gasteiger partial charge on any atom is 0.325 e. The van der Waals surface area contributed by atoms with Crippen LogP contribution in [0, 0.1) is 11.8 Å². The molecule has 20 heteroatoms. The maximum absolute atomic E-state index is 13.4. The summed E-state index contributed by atoms with van der Waals surface area (Å²) in [4.78, 5) is 84.7. The van der Waals surface area contributed by atoms with E-state index in [9.17, 15) is 39.0 Å². The molecule has 286 valence electrons. The van der Waals surface area contributed by atoms with Gasteiger partial charge in [-0.1, -0.05) is 27.7 Å². The molecule has 0 radical (unpaired) electrons. The van der Waals surface area contributed by atoms with Gasteiger partial charge in [-0.3, -0.25) is 38.8 Å². The third-order valence-electron chi connectivity index (χ3n) is 7.11. The summed E-state index contributed by atoms with van der Waals surface area (Å²) in [5.41, 5.74) is 27.3. The Labute approximate surface area is 292 Å². The molecular weight excluding hydrogens is 656 g/mol. The standard InChI is InChI=1S/C30H58N12O8/c1-15(2)12-20(40-23(44)18(31)8-6-10-36-29(32)33)26(47)42-22(14-43)27(48)41-21(13-16(3)4)25(46)39-19(9-7-11-37-30(34)35)24(45)38-17(5)28(49)50/h15-22,43H,6-14,31H2,1-5H3,(H,38,45)(H,39,46)(H,40,44)(H,41,48)(H,42,47)(H,49,50)(H4,32,33,36)(H4,34,35,37)/t17-,18-,19-,20-,21-,22-/m0/s1. The molecule has 0 unspecified atom stereocenters. The molecule has 0 bridgehead atoms. The number of amides is 5. The van der Waals surface area contributed by atoms with Gasteiger partial charge < -0.3 is 65.5 Å². The lowest BCUT2D eigenvalue weighted by molar-refractivity contribution is -0.142. The average Bonchev–Trinajstić information content (AvgIpc) is 3.01. The highest BCUT2D eigenvalue weighted by Gasteiger charge is 2.32. The summed E-state index contributed by atoms with van der Waals surface area (Å²) in [6, 6.07) is -7.27. The van der Waals surface area contributed by atoms with E-state index in [-0.39, 0.29) is 68.9 Å². The van der Waals surface area contributed by atoms with Gasteiger partial charge in [0, 0.05) is 13.1 Å². The minimum Gasteiger partial charge on any atom is -0.480 e. The van der Waals surface area contributed by atoms with Crippen LogP contribution in [0.1, 0.15) is 73.1 Å². The van der Waals surface area contributed by atoms with Crippen molar-refractivity contribution in [2.75, 3.05) is 19.7 Å². The SMILES string of the molecule is CC(C)C[C@H](NC(=O)[C@H](CO)NC(=O)[C@H](CC(C)C)NC(=O)[C@@H](N)CCCN=C(N)N)C(=O)N[C@@H](CCCN=C(N)N)C(=O)N[C@@H](C)C(=O)O. The summed E-state index contributed by atoms with van der Waals surface area (Å²) in [5, 5.41) is 31.7. The van der Waals surface area contributed by atoms with E-state index >= 15 is 0 Å². The Morgan fingerprint density at radius 1 is 0.580 bits per heavy atom. The molecule has 20 nitrogen and oxygen atoms in total. The molecule has 17 N–H and O–H groups in total. The van der Waals surface area contributed by atoms with Crippen LogP contribution in [0.3, 0.4) is 0 Å². The van der Waals surface area contributed by atoms with Crippen molar-refractivity contribution >= 4 is 47.4 Å². The number of aliphatic hydroxyl groups excluding tert-OH is 1. The van der Waals surface area contributed by atoms with Crippen molar-refractivity contribution in [1.29, 1.82) is 0 Å². The number of aliphatic hydroxyl groups is 1. The van der Waals surface area contributed by atoms with Gasteiger partial charge in [-0.2, -0.15) is 0 Å². The van der Waals surface area contributed by atoms with E-state index in [1.165, 1.54) is 6.92 Å². The van der Waals surface area contributed by atoms with Gasteiger partial charge in [0.1, 0.15) is 30.2 Å². The topological polar surface area (TPSA) is 358 Å². The van der Waals surface area contributed by atoms with Crippen molar-refractivity contribution in [3.05, 3.63) is 0 Å². The van der Waals surface area contributed by atoms with Gasteiger partial charge >= 0.3 is 5.97 Å². The predicted molar refractivity (Wildman–Crippen MR) is 187 cm³/mol. The second-order valence-corrected chi connectivity index (χ2v) is 12.8. The summed E-state index contributed by atoms with van der Waals surface area (Å²) in [7, 11) is 0. The first-order valence-electron chi connectivity index (χ1n) is 16.5. The maximum atomic E-state index is 13.4. The van der Waals surface area contributed by atoms with E-state index in [2.05, 4.69) is 36.6 Å².